The summed E-state index contributed by atoms with van der Waals surface area (Å²) < 4.78 is 16.2. The standard InChI is InChI=1S/C30H24N4O5/c1-17-13-14-19(28-33-21-11-7-8-12-23(21)39-28)15-22(17)34-26(30(36)38-3)25(29(35)37-2)24(20(16-31)27(34)32)18-9-5-4-6-10-18/h4-15,24H,32H2,1-3H3. The zero-order chi connectivity index (χ0) is 27.7. The topological polar surface area (TPSA) is 132 Å². The lowest BCUT2D eigenvalue weighted by atomic mass is 9.80. The molecule has 9 nitrogen and oxygen atoms in total. The Labute approximate surface area is 224 Å². The molecule has 39 heavy (non-hydrogen) atoms. The van der Waals surface area contributed by atoms with Crippen LogP contribution in [0.15, 0.2) is 99.9 Å². The third-order valence-corrected chi connectivity index (χ3v) is 6.60. The second-order valence-electron chi connectivity index (χ2n) is 8.82. The second kappa shape index (κ2) is 10.2. The fourth-order valence-corrected chi connectivity index (χ4v) is 4.74. The van der Waals surface area contributed by atoms with E-state index in [0.717, 1.165) is 0 Å². The summed E-state index contributed by atoms with van der Waals surface area (Å²) in [4.78, 5) is 32.6. The monoisotopic (exact) mass is 520 g/mol. The minimum absolute atomic E-state index is 0.0165. The van der Waals surface area contributed by atoms with Crippen LogP contribution in [0.4, 0.5) is 5.69 Å². The molecule has 4 aromatic rings. The molecule has 1 aliphatic rings. The number of nitriles is 1. The number of anilines is 1. The van der Waals surface area contributed by atoms with Gasteiger partial charge in [0.25, 0.3) is 0 Å². The maximum atomic E-state index is 13.4. The highest BCUT2D eigenvalue weighted by atomic mass is 16.5. The quantitative estimate of drug-likeness (QED) is 0.372. The third-order valence-electron chi connectivity index (χ3n) is 6.60. The number of carbonyl (C=O) groups is 2. The number of nitrogens with two attached hydrogens (primary N) is 1. The van der Waals surface area contributed by atoms with E-state index in [-0.39, 0.29) is 22.7 Å². The highest BCUT2D eigenvalue weighted by molar-refractivity contribution is 6.06. The van der Waals surface area contributed by atoms with Gasteiger partial charge in [0.15, 0.2) is 5.58 Å². The van der Waals surface area contributed by atoms with Gasteiger partial charge < -0.3 is 19.6 Å². The van der Waals surface area contributed by atoms with Gasteiger partial charge in [0.05, 0.1) is 43.0 Å². The number of hydrogen-bond donors (Lipinski definition) is 1. The van der Waals surface area contributed by atoms with Crippen LogP contribution in [0.5, 0.6) is 0 Å². The summed E-state index contributed by atoms with van der Waals surface area (Å²) in [5.41, 5.74) is 10.2. The number of benzene rings is 3. The molecule has 0 saturated heterocycles. The molecule has 194 valence electrons. The molecule has 0 fully saturated rings. The van der Waals surface area contributed by atoms with Crippen LogP contribution in [-0.2, 0) is 19.1 Å². The number of esters is 2. The predicted octanol–water partition coefficient (Wildman–Crippen LogP) is 4.70. The van der Waals surface area contributed by atoms with Gasteiger partial charge in [0.1, 0.15) is 17.0 Å². The van der Waals surface area contributed by atoms with Gasteiger partial charge >= 0.3 is 11.9 Å². The first-order chi connectivity index (χ1) is 18.9. The molecule has 0 saturated carbocycles. The number of allylic oxidation sites excluding steroid dienone is 1. The van der Waals surface area contributed by atoms with E-state index in [0.29, 0.717) is 39.4 Å². The molecule has 0 aliphatic carbocycles. The molecule has 0 spiro atoms. The highest BCUT2D eigenvalue weighted by Gasteiger charge is 2.43. The highest BCUT2D eigenvalue weighted by Crippen LogP contribution is 2.44. The summed E-state index contributed by atoms with van der Waals surface area (Å²) in [6, 6.07) is 23.8. The lowest BCUT2D eigenvalue weighted by Crippen LogP contribution is -2.41. The number of oxazole rings is 1. The summed E-state index contributed by atoms with van der Waals surface area (Å²) in [6.45, 7) is 1.82. The van der Waals surface area contributed by atoms with E-state index in [4.69, 9.17) is 19.6 Å². The predicted molar refractivity (Wildman–Crippen MR) is 144 cm³/mol. The average Bonchev–Trinajstić information content (AvgIpc) is 3.41. The van der Waals surface area contributed by atoms with Crippen LogP contribution in [0.2, 0.25) is 0 Å². The van der Waals surface area contributed by atoms with Crippen LogP contribution in [0.1, 0.15) is 17.0 Å². The van der Waals surface area contributed by atoms with Crippen LogP contribution < -0.4 is 10.6 Å². The molecule has 1 aromatic heterocycles. The number of nitrogens with zero attached hydrogens (tertiary/aromatic N) is 3. The molecule has 2 heterocycles. The summed E-state index contributed by atoms with van der Waals surface area (Å²) in [6.07, 6.45) is 0. The van der Waals surface area contributed by atoms with Gasteiger partial charge in [-0.25, -0.2) is 14.6 Å². The smallest absolute Gasteiger partial charge is 0.355 e. The molecular weight excluding hydrogens is 496 g/mol. The number of carbonyl (C=O) groups excluding carboxylic acids is 2. The van der Waals surface area contributed by atoms with E-state index in [1.54, 1.807) is 36.4 Å². The lowest BCUT2D eigenvalue weighted by molar-refractivity contribution is -0.139. The summed E-state index contributed by atoms with van der Waals surface area (Å²) >= 11 is 0. The van der Waals surface area contributed by atoms with Crippen LogP contribution in [-0.4, -0.2) is 31.1 Å². The van der Waals surface area contributed by atoms with E-state index in [2.05, 4.69) is 11.1 Å². The number of fused-ring (bicyclic) bond motifs is 1. The first kappa shape index (κ1) is 25.3. The van der Waals surface area contributed by atoms with Crippen molar-refractivity contribution in [3.63, 3.8) is 0 Å². The molecule has 1 aliphatic heterocycles. The zero-order valence-corrected chi connectivity index (χ0v) is 21.5. The van der Waals surface area contributed by atoms with Crippen LogP contribution in [0.3, 0.4) is 0 Å². The van der Waals surface area contributed by atoms with Crippen molar-refractivity contribution in [2.75, 3.05) is 19.1 Å². The SMILES string of the molecule is COC(=O)C1=C(C(=O)OC)N(c2cc(-c3nc4ccccc4o3)ccc2C)C(N)=C(C#N)C1c1ccccc1. The van der Waals surface area contributed by atoms with Gasteiger partial charge in [-0.2, -0.15) is 5.26 Å². The van der Waals surface area contributed by atoms with Crippen molar-refractivity contribution in [2.45, 2.75) is 12.8 Å². The Hall–Kier alpha value is -5.36. The Kier molecular flexibility index (Phi) is 6.61. The first-order valence-electron chi connectivity index (χ1n) is 12.0. The van der Waals surface area contributed by atoms with Crippen LogP contribution in [0, 0.1) is 18.3 Å². The van der Waals surface area contributed by atoms with Gasteiger partial charge in [-0.15, -0.1) is 0 Å². The Morgan fingerprint density at radius 2 is 1.69 bits per heavy atom. The van der Waals surface area contributed by atoms with Gasteiger partial charge in [0, 0.05) is 5.56 Å². The number of ether oxygens (including phenoxy) is 2. The van der Waals surface area contributed by atoms with Crippen LogP contribution in [0.25, 0.3) is 22.6 Å². The Bertz CT molecular complexity index is 1680. The maximum Gasteiger partial charge on any atom is 0.355 e. The number of para-hydroxylation sites is 2. The van der Waals surface area contributed by atoms with Gasteiger partial charge in [0.2, 0.25) is 5.89 Å². The van der Waals surface area contributed by atoms with E-state index >= 15 is 0 Å². The number of hydrogen-bond acceptors (Lipinski definition) is 9. The van der Waals surface area contributed by atoms with Crippen molar-refractivity contribution in [3.8, 4) is 17.5 Å². The molecular formula is C30H24N4O5. The summed E-state index contributed by atoms with van der Waals surface area (Å²) in [7, 11) is 2.42. The average molecular weight is 521 g/mol. The van der Waals surface area contributed by atoms with E-state index < -0.39 is 17.9 Å². The normalized spacial score (nSPS) is 15.3. The van der Waals surface area contributed by atoms with Crippen molar-refractivity contribution in [3.05, 3.63) is 107 Å². The largest absolute Gasteiger partial charge is 0.466 e. The maximum absolute atomic E-state index is 13.4. The van der Waals surface area contributed by atoms with Gasteiger partial charge in [-0.3, -0.25) is 4.90 Å². The fourth-order valence-electron chi connectivity index (χ4n) is 4.74. The molecule has 0 bridgehead atoms. The number of aromatic nitrogens is 1. The minimum atomic E-state index is -0.950. The minimum Gasteiger partial charge on any atom is -0.466 e. The van der Waals surface area contributed by atoms with Crippen molar-refractivity contribution >= 4 is 28.7 Å². The van der Waals surface area contributed by atoms with Crippen molar-refractivity contribution in [2.24, 2.45) is 5.73 Å². The lowest BCUT2D eigenvalue weighted by Gasteiger charge is -2.36. The molecule has 9 heteroatoms. The fraction of sp³-hybridized carbons (Fsp3) is 0.133. The Morgan fingerprint density at radius 1 is 1.00 bits per heavy atom. The molecule has 2 N–H and O–H groups in total. The molecule has 0 amide bonds. The van der Waals surface area contributed by atoms with Gasteiger partial charge in [-0.05, 0) is 42.3 Å². The molecule has 1 unspecified atom stereocenters. The van der Waals surface area contributed by atoms with E-state index in [1.165, 1.54) is 19.1 Å². The second-order valence-corrected chi connectivity index (χ2v) is 8.82. The Morgan fingerprint density at radius 3 is 2.36 bits per heavy atom. The van der Waals surface area contributed by atoms with E-state index in [1.807, 2.05) is 43.3 Å². The number of methoxy groups -OCH3 is 2. The first-order valence-corrected chi connectivity index (χ1v) is 12.0. The molecule has 5 rings (SSSR count). The summed E-state index contributed by atoms with van der Waals surface area (Å²) in [5, 5.41) is 10.3. The third kappa shape index (κ3) is 4.28. The van der Waals surface area contributed by atoms with Gasteiger partial charge in [-0.1, -0.05) is 48.5 Å². The van der Waals surface area contributed by atoms with E-state index in [9.17, 15) is 14.9 Å². The number of aryl methyl sites for hydroxylation is 1. The number of rotatable bonds is 5. The van der Waals surface area contributed by atoms with Crippen molar-refractivity contribution in [1.82, 2.24) is 4.98 Å². The van der Waals surface area contributed by atoms with Crippen molar-refractivity contribution in [1.29, 1.82) is 5.26 Å². The Balaban J connectivity index is 1.79. The molecule has 1 atom stereocenters. The van der Waals surface area contributed by atoms with Crippen LogP contribution >= 0.6 is 0 Å². The zero-order valence-electron chi connectivity index (χ0n) is 21.5. The summed E-state index contributed by atoms with van der Waals surface area (Å²) in [5.74, 6) is -2.21. The van der Waals surface area contributed by atoms with Crippen molar-refractivity contribution < 1.29 is 23.5 Å². The molecule has 0 radical (unpaired) electrons. The molecule has 3 aromatic carbocycles.